The number of benzene rings is 2. The number of carbonyl (C=O) groups is 1. The maximum Gasteiger partial charge on any atom is 0.255 e. The molecule has 1 heterocycles. The Morgan fingerprint density at radius 1 is 1.30 bits per heavy atom. The van der Waals surface area contributed by atoms with Gasteiger partial charge in [-0.2, -0.15) is 5.10 Å². The first kappa shape index (κ1) is 13.1. The molecule has 3 aromatic rings. The van der Waals surface area contributed by atoms with E-state index in [1.165, 1.54) is 0 Å². The minimum atomic E-state index is -0.204. The number of halogens is 2. The second kappa shape index (κ2) is 5.26. The van der Waals surface area contributed by atoms with Crippen molar-refractivity contribution >= 4 is 50.0 Å². The highest BCUT2D eigenvalue weighted by molar-refractivity contribution is 9.10. The second-order valence-corrected chi connectivity index (χ2v) is 5.43. The highest BCUT2D eigenvalue weighted by atomic mass is 79.9. The molecule has 6 heteroatoms. The van der Waals surface area contributed by atoms with Gasteiger partial charge >= 0.3 is 0 Å². The Kier molecular flexibility index (Phi) is 3.46. The van der Waals surface area contributed by atoms with Gasteiger partial charge < -0.3 is 5.32 Å². The molecule has 0 atom stereocenters. The number of nitrogens with one attached hydrogen (secondary N) is 2. The van der Waals surface area contributed by atoms with Gasteiger partial charge in [-0.25, -0.2) is 0 Å². The number of H-pyrrole nitrogens is 1. The summed E-state index contributed by atoms with van der Waals surface area (Å²) in [6.45, 7) is 0. The fraction of sp³-hybridized carbons (Fsp3) is 0. The van der Waals surface area contributed by atoms with Crippen LogP contribution in [0.2, 0.25) is 5.02 Å². The van der Waals surface area contributed by atoms with Crippen LogP contribution in [0.5, 0.6) is 0 Å². The third-order valence-corrected chi connectivity index (χ3v) is 4.30. The Hall–Kier alpha value is -1.85. The largest absolute Gasteiger partial charge is 0.321 e. The van der Waals surface area contributed by atoms with Crippen LogP contribution in [0.1, 0.15) is 10.4 Å². The van der Waals surface area contributed by atoms with E-state index in [1.54, 1.807) is 36.5 Å². The number of fused-ring (bicyclic) bond motifs is 1. The summed E-state index contributed by atoms with van der Waals surface area (Å²) in [4.78, 5) is 12.2. The van der Waals surface area contributed by atoms with Crippen molar-refractivity contribution in [3.05, 3.63) is 57.7 Å². The first-order valence-electron chi connectivity index (χ1n) is 5.83. The number of anilines is 1. The van der Waals surface area contributed by atoms with Crippen molar-refractivity contribution in [2.24, 2.45) is 0 Å². The van der Waals surface area contributed by atoms with E-state index >= 15 is 0 Å². The van der Waals surface area contributed by atoms with Crippen molar-refractivity contribution in [2.45, 2.75) is 0 Å². The number of nitrogens with zero attached hydrogens (tertiary/aromatic N) is 1. The van der Waals surface area contributed by atoms with Crippen LogP contribution in [0.4, 0.5) is 5.69 Å². The van der Waals surface area contributed by atoms with Gasteiger partial charge in [-0.05, 0) is 40.2 Å². The quantitative estimate of drug-likeness (QED) is 0.726. The van der Waals surface area contributed by atoms with E-state index in [-0.39, 0.29) is 5.91 Å². The molecule has 20 heavy (non-hydrogen) atoms. The van der Waals surface area contributed by atoms with Crippen LogP contribution < -0.4 is 5.32 Å². The van der Waals surface area contributed by atoms with Gasteiger partial charge in [0, 0.05) is 10.9 Å². The Labute approximate surface area is 128 Å². The molecule has 0 unspecified atom stereocenters. The molecule has 1 amide bonds. The summed E-state index contributed by atoms with van der Waals surface area (Å²) in [6, 6.07) is 10.7. The SMILES string of the molecule is O=C(Nc1cccc(Cl)c1Br)c1ccc2cn[nH]c2c1. The Morgan fingerprint density at radius 3 is 3.00 bits per heavy atom. The van der Waals surface area contributed by atoms with E-state index < -0.39 is 0 Å². The van der Waals surface area contributed by atoms with Gasteiger partial charge in [0.15, 0.2) is 0 Å². The zero-order valence-electron chi connectivity index (χ0n) is 10.2. The summed E-state index contributed by atoms with van der Waals surface area (Å²) in [5, 5.41) is 11.1. The molecule has 0 aliphatic rings. The lowest BCUT2D eigenvalue weighted by Crippen LogP contribution is -2.12. The van der Waals surface area contributed by atoms with E-state index in [9.17, 15) is 4.79 Å². The molecule has 2 N–H and O–H groups in total. The van der Waals surface area contributed by atoms with E-state index in [4.69, 9.17) is 11.6 Å². The zero-order valence-corrected chi connectivity index (χ0v) is 12.5. The Morgan fingerprint density at radius 2 is 2.15 bits per heavy atom. The summed E-state index contributed by atoms with van der Waals surface area (Å²) in [6.07, 6.45) is 1.71. The molecule has 0 saturated heterocycles. The topological polar surface area (TPSA) is 57.8 Å². The van der Waals surface area contributed by atoms with E-state index in [1.807, 2.05) is 6.07 Å². The molecule has 0 saturated carbocycles. The summed E-state index contributed by atoms with van der Waals surface area (Å²) < 4.78 is 0.664. The summed E-state index contributed by atoms with van der Waals surface area (Å²) in [5.41, 5.74) is 2.00. The van der Waals surface area contributed by atoms with Crippen LogP contribution in [0.15, 0.2) is 47.1 Å². The first-order chi connectivity index (χ1) is 9.65. The number of aromatic nitrogens is 2. The van der Waals surface area contributed by atoms with Gasteiger partial charge in [-0.15, -0.1) is 0 Å². The average Bonchev–Trinajstić information content (AvgIpc) is 2.91. The van der Waals surface area contributed by atoms with Gasteiger partial charge in [0.1, 0.15) is 0 Å². The van der Waals surface area contributed by atoms with E-state index in [0.717, 1.165) is 10.9 Å². The maximum absolute atomic E-state index is 12.2. The average molecular weight is 351 g/mol. The van der Waals surface area contributed by atoms with Gasteiger partial charge in [0.2, 0.25) is 0 Å². The van der Waals surface area contributed by atoms with Crippen molar-refractivity contribution in [3.63, 3.8) is 0 Å². The van der Waals surface area contributed by atoms with Crippen LogP contribution in [0.25, 0.3) is 10.9 Å². The molecule has 0 fully saturated rings. The van der Waals surface area contributed by atoms with Crippen molar-refractivity contribution < 1.29 is 4.79 Å². The number of amides is 1. The van der Waals surface area contributed by atoms with Gasteiger partial charge in [0.25, 0.3) is 5.91 Å². The number of rotatable bonds is 2. The number of aromatic amines is 1. The van der Waals surface area contributed by atoms with Crippen LogP contribution in [0, 0.1) is 0 Å². The predicted octanol–water partition coefficient (Wildman–Crippen LogP) is 4.23. The zero-order chi connectivity index (χ0) is 14.1. The second-order valence-electron chi connectivity index (χ2n) is 4.23. The summed E-state index contributed by atoms with van der Waals surface area (Å²) >= 11 is 9.35. The standard InChI is InChI=1S/C14H9BrClN3O/c15-13-10(16)2-1-3-11(13)18-14(20)8-4-5-9-7-17-19-12(9)6-8/h1-7H,(H,17,19)(H,18,20). The molecular formula is C14H9BrClN3O. The van der Waals surface area contributed by atoms with Crippen LogP contribution in [0.3, 0.4) is 0 Å². The minimum absolute atomic E-state index is 0.204. The third-order valence-electron chi connectivity index (χ3n) is 2.90. The predicted molar refractivity (Wildman–Crippen MR) is 83.2 cm³/mol. The van der Waals surface area contributed by atoms with Crippen LogP contribution in [-0.4, -0.2) is 16.1 Å². The Balaban J connectivity index is 1.90. The van der Waals surface area contributed by atoms with Crippen molar-refractivity contribution in [1.82, 2.24) is 10.2 Å². The molecule has 0 radical (unpaired) electrons. The molecule has 4 nitrogen and oxygen atoms in total. The molecule has 0 aliphatic carbocycles. The molecule has 0 spiro atoms. The molecule has 1 aromatic heterocycles. The van der Waals surface area contributed by atoms with Crippen molar-refractivity contribution in [3.8, 4) is 0 Å². The van der Waals surface area contributed by atoms with Crippen molar-refractivity contribution in [1.29, 1.82) is 0 Å². The molecule has 0 bridgehead atoms. The number of carbonyl (C=O) groups excluding carboxylic acids is 1. The highest BCUT2D eigenvalue weighted by Crippen LogP contribution is 2.30. The molecule has 2 aromatic carbocycles. The van der Waals surface area contributed by atoms with Gasteiger partial charge in [-0.3, -0.25) is 9.89 Å². The molecular weight excluding hydrogens is 342 g/mol. The lowest BCUT2D eigenvalue weighted by atomic mass is 10.1. The van der Waals surface area contributed by atoms with Crippen molar-refractivity contribution in [2.75, 3.05) is 5.32 Å². The lowest BCUT2D eigenvalue weighted by Gasteiger charge is -2.08. The fourth-order valence-corrected chi connectivity index (χ4v) is 2.41. The number of hydrogen-bond donors (Lipinski definition) is 2. The Bertz CT molecular complexity index is 800. The molecule has 100 valence electrons. The molecule has 0 aliphatic heterocycles. The van der Waals surface area contributed by atoms with E-state index in [2.05, 4.69) is 31.4 Å². The van der Waals surface area contributed by atoms with Crippen LogP contribution in [-0.2, 0) is 0 Å². The van der Waals surface area contributed by atoms with Gasteiger partial charge in [-0.1, -0.05) is 23.7 Å². The highest BCUT2D eigenvalue weighted by Gasteiger charge is 2.10. The summed E-state index contributed by atoms with van der Waals surface area (Å²) in [5.74, 6) is -0.204. The normalized spacial score (nSPS) is 10.7. The first-order valence-corrected chi connectivity index (χ1v) is 7.01. The lowest BCUT2D eigenvalue weighted by molar-refractivity contribution is 0.102. The molecule has 3 rings (SSSR count). The minimum Gasteiger partial charge on any atom is -0.321 e. The number of hydrogen-bond acceptors (Lipinski definition) is 2. The van der Waals surface area contributed by atoms with E-state index in [0.29, 0.717) is 20.7 Å². The van der Waals surface area contributed by atoms with Crippen LogP contribution >= 0.6 is 27.5 Å². The van der Waals surface area contributed by atoms with Gasteiger partial charge in [0.05, 0.1) is 26.9 Å². The smallest absolute Gasteiger partial charge is 0.255 e. The fourth-order valence-electron chi connectivity index (χ4n) is 1.87. The maximum atomic E-state index is 12.2. The summed E-state index contributed by atoms with van der Waals surface area (Å²) in [7, 11) is 0. The monoisotopic (exact) mass is 349 g/mol. The third kappa shape index (κ3) is 2.42.